The van der Waals surface area contributed by atoms with Crippen LogP contribution >= 0.6 is 0 Å². The van der Waals surface area contributed by atoms with Gasteiger partial charge >= 0.3 is 6.03 Å². The molecule has 2 aromatic rings. The molecule has 4 rings (SSSR count). The highest BCUT2D eigenvalue weighted by Gasteiger charge is 2.25. The van der Waals surface area contributed by atoms with Crippen molar-refractivity contribution in [2.45, 2.75) is 64.0 Å². The van der Waals surface area contributed by atoms with Crippen molar-refractivity contribution < 1.29 is 17.9 Å². The fraction of sp³-hybridized carbons (Fsp3) is 0.552. The molecule has 0 atom stereocenters. The normalized spacial score (nSPS) is 17.6. The van der Waals surface area contributed by atoms with Gasteiger partial charge in [0.05, 0.1) is 6.26 Å². The molecule has 38 heavy (non-hydrogen) atoms. The van der Waals surface area contributed by atoms with E-state index < -0.39 is 10.0 Å². The van der Waals surface area contributed by atoms with Crippen molar-refractivity contribution in [1.29, 1.82) is 0 Å². The molecule has 208 valence electrons. The van der Waals surface area contributed by atoms with E-state index in [1.807, 2.05) is 24.1 Å². The first kappa shape index (κ1) is 28.2. The summed E-state index contributed by atoms with van der Waals surface area (Å²) in [4.78, 5) is 17.0. The van der Waals surface area contributed by atoms with Gasteiger partial charge in [0.15, 0.2) is 0 Å². The third kappa shape index (κ3) is 8.91. The van der Waals surface area contributed by atoms with E-state index in [-0.39, 0.29) is 12.1 Å². The summed E-state index contributed by atoms with van der Waals surface area (Å²) in [5, 5.41) is 3.15. The molecule has 9 heteroatoms. The predicted molar refractivity (Wildman–Crippen MR) is 152 cm³/mol. The maximum absolute atomic E-state index is 12.7. The number of piperidine rings is 1. The van der Waals surface area contributed by atoms with Crippen molar-refractivity contribution in [3.05, 3.63) is 54.1 Å². The Kier molecular flexibility index (Phi) is 9.91. The van der Waals surface area contributed by atoms with E-state index in [1.54, 1.807) is 24.3 Å². The van der Waals surface area contributed by atoms with Crippen molar-refractivity contribution in [1.82, 2.24) is 15.1 Å². The molecule has 2 aliphatic rings. The zero-order chi connectivity index (χ0) is 27.0. The highest BCUT2D eigenvalue weighted by molar-refractivity contribution is 7.92. The Hall–Kier alpha value is -2.78. The largest absolute Gasteiger partial charge is 0.457 e. The van der Waals surface area contributed by atoms with Gasteiger partial charge in [-0.3, -0.25) is 9.62 Å². The van der Waals surface area contributed by atoms with Gasteiger partial charge in [0, 0.05) is 45.0 Å². The number of hydrogen-bond acceptors (Lipinski definition) is 5. The Morgan fingerprint density at radius 3 is 2.16 bits per heavy atom. The lowest BCUT2D eigenvalue weighted by molar-refractivity contribution is 0.131. The molecule has 1 aliphatic carbocycles. The Labute approximate surface area is 227 Å². The maximum atomic E-state index is 12.7. The summed E-state index contributed by atoms with van der Waals surface area (Å²) in [6.07, 6.45) is 10.9. The smallest absolute Gasteiger partial charge is 0.317 e. The van der Waals surface area contributed by atoms with Gasteiger partial charge in [-0.15, -0.1) is 0 Å². The SMILES string of the molecule is CN(C(=O)NCCC1CCCCC1)C1CCN(Cc2ccc(Oc3ccc(NS(C)(=O)=O)cc3)cc2)CC1. The predicted octanol–water partition coefficient (Wildman–Crippen LogP) is 5.43. The molecule has 0 unspecified atom stereocenters. The second-order valence-corrected chi connectivity index (χ2v) is 12.5. The van der Waals surface area contributed by atoms with Crippen LogP contribution in [0, 0.1) is 5.92 Å². The number of sulfonamides is 1. The molecule has 0 radical (unpaired) electrons. The van der Waals surface area contributed by atoms with Gasteiger partial charge in [-0.05, 0) is 67.1 Å². The molecule has 1 heterocycles. The second kappa shape index (κ2) is 13.3. The van der Waals surface area contributed by atoms with Crippen molar-refractivity contribution in [3.8, 4) is 11.5 Å². The van der Waals surface area contributed by atoms with Gasteiger partial charge in [-0.2, -0.15) is 0 Å². The molecule has 1 saturated carbocycles. The molecular formula is C29H42N4O4S. The fourth-order valence-corrected chi connectivity index (χ4v) is 6.04. The van der Waals surface area contributed by atoms with Crippen molar-refractivity contribution in [2.75, 3.05) is 37.7 Å². The van der Waals surface area contributed by atoms with Crippen LogP contribution in [0.4, 0.5) is 10.5 Å². The van der Waals surface area contributed by atoms with E-state index in [9.17, 15) is 13.2 Å². The Morgan fingerprint density at radius 2 is 1.55 bits per heavy atom. The number of nitrogens with one attached hydrogen (secondary N) is 2. The third-order valence-corrected chi connectivity index (χ3v) is 8.31. The number of urea groups is 1. The topological polar surface area (TPSA) is 91.0 Å². The summed E-state index contributed by atoms with van der Waals surface area (Å²) in [6.45, 7) is 3.60. The fourth-order valence-electron chi connectivity index (χ4n) is 5.48. The molecule has 0 bridgehead atoms. The maximum Gasteiger partial charge on any atom is 0.317 e. The molecule has 2 N–H and O–H groups in total. The average Bonchev–Trinajstić information content (AvgIpc) is 2.91. The van der Waals surface area contributed by atoms with E-state index in [0.717, 1.165) is 63.4 Å². The molecule has 8 nitrogen and oxygen atoms in total. The number of benzene rings is 2. The Morgan fingerprint density at radius 1 is 0.947 bits per heavy atom. The molecule has 2 aromatic carbocycles. The molecule has 1 saturated heterocycles. The quantitative estimate of drug-likeness (QED) is 0.418. The minimum absolute atomic E-state index is 0.0659. The van der Waals surface area contributed by atoms with E-state index in [4.69, 9.17) is 4.74 Å². The molecule has 2 fully saturated rings. The summed E-state index contributed by atoms with van der Waals surface area (Å²) in [5.41, 5.74) is 1.72. The van der Waals surface area contributed by atoms with Crippen LogP contribution in [0.5, 0.6) is 11.5 Å². The molecule has 0 spiro atoms. The van der Waals surface area contributed by atoms with Crippen LogP contribution in [0.3, 0.4) is 0 Å². The van der Waals surface area contributed by atoms with Gasteiger partial charge in [0.2, 0.25) is 10.0 Å². The van der Waals surface area contributed by atoms with Crippen LogP contribution < -0.4 is 14.8 Å². The minimum atomic E-state index is -3.30. The highest BCUT2D eigenvalue weighted by Crippen LogP contribution is 2.26. The number of likely N-dealkylation sites (tertiary alicyclic amines) is 1. The Bertz CT molecular complexity index is 1120. The number of carbonyl (C=O) groups excluding carboxylic acids is 1. The van der Waals surface area contributed by atoms with E-state index in [2.05, 4.69) is 27.1 Å². The van der Waals surface area contributed by atoms with Gasteiger partial charge in [0.25, 0.3) is 0 Å². The Balaban J connectivity index is 1.16. The second-order valence-electron chi connectivity index (χ2n) is 10.8. The number of nitrogens with zero attached hydrogens (tertiary/aromatic N) is 2. The standard InChI is InChI=1S/C29H42N4O4S/c1-32(29(34)30-19-16-23-6-4-3-5-7-23)26-17-20-33(21-18-26)22-24-8-12-27(13-9-24)37-28-14-10-25(11-15-28)31-38(2,35)36/h8-15,23,26,31H,3-7,16-22H2,1-2H3,(H,30,34). The number of rotatable bonds is 10. The van der Waals surface area contributed by atoms with E-state index in [0.29, 0.717) is 11.4 Å². The van der Waals surface area contributed by atoms with Crippen LogP contribution in [-0.4, -0.2) is 63.2 Å². The summed E-state index contributed by atoms with van der Waals surface area (Å²) in [7, 11) is -1.36. The monoisotopic (exact) mass is 542 g/mol. The van der Waals surface area contributed by atoms with Gasteiger partial charge in [-0.1, -0.05) is 44.2 Å². The lowest BCUT2D eigenvalue weighted by Gasteiger charge is -2.36. The summed E-state index contributed by atoms with van der Waals surface area (Å²) in [5.74, 6) is 2.16. The summed E-state index contributed by atoms with van der Waals surface area (Å²) < 4.78 is 31.0. The first-order valence-corrected chi connectivity index (χ1v) is 15.7. The lowest BCUT2D eigenvalue weighted by atomic mass is 9.87. The number of hydrogen-bond donors (Lipinski definition) is 2. The highest BCUT2D eigenvalue weighted by atomic mass is 32.2. The first-order valence-electron chi connectivity index (χ1n) is 13.8. The molecule has 2 amide bonds. The van der Waals surface area contributed by atoms with Crippen LogP contribution in [0.15, 0.2) is 48.5 Å². The molecule has 1 aliphatic heterocycles. The number of ether oxygens (including phenoxy) is 1. The minimum Gasteiger partial charge on any atom is -0.457 e. The van der Waals surface area contributed by atoms with Crippen LogP contribution in [0.2, 0.25) is 0 Å². The molecule has 0 aromatic heterocycles. The zero-order valence-corrected chi connectivity index (χ0v) is 23.5. The number of anilines is 1. The van der Waals surface area contributed by atoms with E-state index >= 15 is 0 Å². The number of amides is 2. The van der Waals surface area contributed by atoms with Crippen molar-refractivity contribution >= 4 is 21.7 Å². The van der Waals surface area contributed by atoms with Gasteiger partial charge in [-0.25, -0.2) is 13.2 Å². The van der Waals surface area contributed by atoms with Crippen LogP contribution in [-0.2, 0) is 16.6 Å². The summed E-state index contributed by atoms with van der Waals surface area (Å²) in [6, 6.07) is 15.2. The number of carbonyl (C=O) groups is 1. The van der Waals surface area contributed by atoms with Crippen LogP contribution in [0.1, 0.15) is 56.9 Å². The van der Waals surface area contributed by atoms with Gasteiger partial charge in [0.1, 0.15) is 11.5 Å². The van der Waals surface area contributed by atoms with Crippen molar-refractivity contribution in [2.24, 2.45) is 5.92 Å². The zero-order valence-electron chi connectivity index (χ0n) is 22.7. The molecular weight excluding hydrogens is 500 g/mol. The first-order chi connectivity index (χ1) is 18.2. The lowest BCUT2D eigenvalue weighted by Crippen LogP contribution is -2.48. The average molecular weight is 543 g/mol. The van der Waals surface area contributed by atoms with E-state index in [1.165, 1.54) is 37.7 Å². The van der Waals surface area contributed by atoms with Crippen LogP contribution in [0.25, 0.3) is 0 Å². The van der Waals surface area contributed by atoms with Gasteiger partial charge < -0.3 is 15.0 Å². The third-order valence-electron chi connectivity index (χ3n) is 7.70. The summed E-state index contributed by atoms with van der Waals surface area (Å²) >= 11 is 0. The van der Waals surface area contributed by atoms with Crippen molar-refractivity contribution in [3.63, 3.8) is 0 Å².